The van der Waals surface area contributed by atoms with Gasteiger partial charge in [0, 0.05) is 44.5 Å². The van der Waals surface area contributed by atoms with Crippen LogP contribution in [0, 0.1) is 16.7 Å². The van der Waals surface area contributed by atoms with E-state index < -0.39 is 0 Å². The van der Waals surface area contributed by atoms with E-state index in [1.54, 1.807) is 6.20 Å². The third-order valence-electron chi connectivity index (χ3n) is 5.48. The molecule has 2 heterocycles. The highest BCUT2D eigenvalue weighted by Gasteiger charge is 2.63. The molecule has 128 valence electrons. The number of amides is 1. The van der Waals surface area contributed by atoms with Crippen LogP contribution in [0.25, 0.3) is 0 Å². The summed E-state index contributed by atoms with van der Waals surface area (Å²) in [5, 5.41) is 0.906. The smallest absolute Gasteiger partial charge is 0.233 e. The molecule has 1 aliphatic carbocycles. The van der Waals surface area contributed by atoms with Crippen LogP contribution in [0.4, 0.5) is 0 Å². The molecule has 0 aromatic carbocycles. The number of likely N-dealkylation sites (tertiary alicyclic amines) is 1. The maximum atomic E-state index is 12.7. The minimum Gasteiger partial charge on any atom is -0.341 e. The van der Waals surface area contributed by atoms with E-state index in [2.05, 4.69) is 42.7 Å². The summed E-state index contributed by atoms with van der Waals surface area (Å²) in [6.45, 7) is 7.61. The highest BCUT2D eigenvalue weighted by molar-refractivity contribution is 7.99. The van der Waals surface area contributed by atoms with Gasteiger partial charge in [-0.05, 0) is 31.8 Å². The van der Waals surface area contributed by atoms with Crippen LogP contribution in [-0.2, 0) is 11.8 Å². The minimum atomic E-state index is 0.251. The topological polar surface area (TPSA) is 41.4 Å². The Labute approximate surface area is 143 Å². The number of nitrogens with zero attached hydrogens (tertiary/aromatic N) is 4. The fourth-order valence-corrected chi connectivity index (χ4v) is 5.70. The summed E-state index contributed by atoms with van der Waals surface area (Å²) in [7, 11) is 6.24. The number of carbonyl (C=O) groups is 1. The number of aromatic nitrogens is 2. The van der Waals surface area contributed by atoms with Gasteiger partial charge in [-0.3, -0.25) is 4.79 Å². The van der Waals surface area contributed by atoms with Gasteiger partial charge in [0.2, 0.25) is 5.91 Å². The summed E-state index contributed by atoms with van der Waals surface area (Å²) in [5.41, 5.74) is 0.661. The average molecular weight is 337 g/mol. The second-order valence-corrected chi connectivity index (χ2v) is 9.14. The lowest BCUT2D eigenvalue weighted by Crippen LogP contribution is -2.57. The van der Waals surface area contributed by atoms with Gasteiger partial charge in [0.25, 0.3) is 0 Å². The number of hydrogen-bond acceptors (Lipinski definition) is 4. The van der Waals surface area contributed by atoms with Gasteiger partial charge in [-0.15, -0.1) is 0 Å². The Morgan fingerprint density at radius 1 is 1.48 bits per heavy atom. The van der Waals surface area contributed by atoms with Gasteiger partial charge in [-0.2, -0.15) is 0 Å². The molecule has 6 heteroatoms. The number of aryl methyl sites for hydroxylation is 1. The molecule has 0 spiro atoms. The minimum absolute atomic E-state index is 0.251. The maximum Gasteiger partial charge on any atom is 0.233 e. The van der Waals surface area contributed by atoms with Crippen LogP contribution in [-0.4, -0.2) is 64.7 Å². The Balaban J connectivity index is 1.63. The Morgan fingerprint density at radius 2 is 2.22 bits per heavy atom. The predicted molar refractivity (Wildman–Crippen MR) is 93.4 cm³/mol. The molecule has 0 bridgehead atoms. The molecule has 2 atom stereocenters. The molecule has 2 aliphatic rings. The summed E-state index contributed by atoms with van der Waals surface area (Å²) in [6, 6.07) is 0. The zero-order chi connectivity index (χ0) is 16.8. The highest BCUT2D eigenvalue weighted by atomic mass is 32.2. The second-order valence-electron chi connectivity index (χ2n) is 8.20. The average Bonchev–Trinajstić information content (AvgIpc) is 2.97. The first kappa shape index (κ1) is 16.8. The first-order valence-corrected chi connectivity index (χ1v) is 9.25. The van der Waals surface area contributed by atoms with Crippen LogP contribution >= 0.6 is 11.8 Å². The van der Waals surface area contributed by atoms with Crippen LogP contribution in [0.5, 0.6) is 0 Å². The molecule has 0 radical (unpaired) electrons. The fourth-order valence-electron chi connectivity index (χ4n) is 4.87. The second kappa shape index (κ2) is 5.81. The van der Waals surface area contributed by atoms with E-state index in [-0.39, 0.29) is 5.91 Å². The number of fused-ring (bicyclic) bond motifs is 1. The van der Waals surface area contributed by atoms with Gasteiger partial charge in [0.1, 0.15) is 0 Å². The molecule has 0 unspecified atom stereocenters. The standard InChI is InChI=1S/C17H28N4OS/c1-16(2)10-17(11-19(3)4)12-21(8-13(16)17)14(22)9-23-15-18-6-7-20(15)5/h6-7,13H,8-12H2,1-5H3/t13-,17+/m1/s1. The van der Waals surface area contributed by atoms with Crippen molar-refractivity contribution in [2.75, 3.05) is 39.5 Å². The third kappa shape index (κ3) is 3.03. The normalized spacial score (nSPS) is 28.8. The summed E-state index contributed by atoms with van der Waals surface area (Å²) in [4.78, 5) is 21.3. The molecule has 1 aliphatic heterocycles. The number of thioether (sulfide) groups is 1. The van der Waals surface area contributed by atoms with Crippen LogP contribution < -0.4 is 0 Å². The number of imidazole rings is 1. The van der Waals surface area contributed by atoms with Crippen molar-refractivity contribution in [3.8, 4) is 0 Å². The SMILES string of the molecule is CN(C)C[C@@]12CN(C(=O)CSc3nccn3C)C[C@@H]1C(C)(C)C2. The monoisotopic (exact) mass is 336 g/mol. The van der Waals surface area contributed by atoms with Crippen molar-refractivity contribution in [3.63, 3.8) is 0 Å². The summed E-state index contributed by atoms with van der Waals surface area (Å²) >= 11 is 1.53. The van der Waals surface area contributed by atoms with E-state index in [0.717, 1.165) is 24.8 Å². The summed E-state index contributed by atoms with van der Waals surface area (Å²) in [5.74, 6) is 1.36. The summed E-state index contributed by atoms with van der Waals surface area (Å²) in [6.07, 6.45) is 4.91. The Morgan fingerprint density at radius 3 is 2.78 bits per heavy atom. The van der Waals surface area contributed by atoms with Crippen molar-refractivity contribution in [3.05, 3.63) is 12.4 Å². The molecule has 0 N–H and O–H groups in total. The molecule has 1 aromatic rings. The van der Waals surface area contributed by atoms with Gasteiger partial charge in [-0.1, -0.05) is 25.6 Å². The molecule has 5 nitrogen and oxygen atoms in total. The van der Waals surface area contributed by atoms with Gasteiger partial charge < -0.3 is 14.4 Å². The first-order chi connectivity index (χ1) is 10.7. The van der Waals surface area contributed by atoms with Crippen molar-refractivity contribution in [1.82, 2.24) is 19.4 Å². The zero-order valence-corrected chi connectivity index (χ0v) is 15.7. The Hall–Kier alpha value is -1.01. The highest BCUT2D eigenvalue weighted by Crippen LogP contribution is 2.62. The Bertz CT molecular complexity index is 593. The molecule has 1 amide bonds. The largest absolute Gasteiger partial charge is 0.341 e. The predicted octanol–water partition coefficient (Wildman–Crippen LogP) is 1.95. The van der Waals surface area contributed by atoms with Crippen molar-refractivity contribution in [2.45, 2.75) is 25.4 Å². The number of carbonyl (C=O) groups excluding carboxylic acids is 1. The zero-order valence-electron chi connectivity index (χ0n) is 14.9. The van der Waals surface area contributed by atoms with E-state index in [1.807, 2.05) is 17.8 Å². The first-order valence-electron chi connectivity index (χ1n) is 8.26. The van der Waals surface area contributed by atoms with Gasteiger partial charge in [0.05, 0.1) is 5.75 Å². The van der Waals surface area contributed by atoms with Crippen LogP contribution in [0.2, 0.25) is 0 Å². The molecule has 23 heavy (non-hydrogen) atoms. The van der Waals surface area contributed by atoms with Crippen molar-refractivity contribution < 1.29 is 4.79 Å². The molecule has 2 fully saturated rings. The quantitative estimate of drug-likeness (QED) is 0.771. The van der Waals surface area contributed by atoms with E-state index in [4.69, 9.17) is 0 Å². The third-order valence-corrected chi connectivity index (χ3v) is 6.53. The van der Waals surface area contributed by atoms with Crippen molar-refractivity contribution in [2.24, 2.45) is 23.8 Å². The lowest BCUT2D eigenvalue weighted by atomic mass is 9.48. The van der Waals surface area contributed by atoms with E-state index in [9.17, 15) is 4.79 Å². The molecular formula is C17H28N4OS. The van der Waals surface area contributed by atoms with E-state index >= 15 is 0 Å². The van der Waals surface area contributed by atoms with Crippen molar-refractivity contribution >= 4 is 17.7 Å². The van der Waals surface area contributed by atoms with Crippen molar-refractivity contribution in [1.29, 1.82) is 0 Å². The summed E-state index contributed by atoms with van der Waals surface area (Å²) < 4.78 is 1.96. The molecule has 3 rings (SSSR count). The van der Waals surface area contributed by atoms with Gasteiger partial charge in [-0.25, -0.2) is 4.98 Å². The van der Waals surface area contributed by atoms with E-state index in [1.165, 1.54) is 18.2 Å². The lowest BCUT2D eigenvalue weighted by molar-refractivity contribution is -0.127. The van der Waals surface area contributed by atoms with Crippen LogP contribution in [0.15, 0.2) is 17.6 Å². The maximum absolute atomic E-state index is 12.7. The number of rotatable bonds is 5. The van der Waals surface area contributed by atoms with Gasteiger partial charge in [0.15, 0.2) is 5.16 Å². The van der Waals surface area contributed by atoms with Crippen LogP contribution in [0.1, 0.15) is 20.3 Å². The Kier molecular flexibility index (Phi) is 4.25. The fraction of sp³-hybridized carbons (Fsp3) is 0.765. The van der Waals surface area contributed by atoms with Crippen LogP contribution in [0.3, 0.4) is 0 Å². The van der Waals surface area contributed by atoms with E-state index in [0.29, 0.717) is 22.5 Å². The molecule has 1 saturated heterocycles. The van der Waals surface area contributed by atoms with Gasteiger partial charge >= 0.3 is 0 Å². The number of hydrogen-bond donors (Lipinski definition) is 0. The molecule has 1 aromatic heterocycles. The molecular weight excluding hydrogens is 308 g/mol. The lowest BCUT2D eigenvalue weighted by Gasteiger charge is -2.57. The molecule has 1 saturated carbocycles.